The zero-order valence-corrected chi connectivity index (χ0v) is 12.5. The number of rotatable bonds is 0. The molecule has 24 heavy (non-hydrogen) atoms. The van der Waals surface area contributed by atoms with Crippen LogP contribution in [-0.4, -0.2) is 9.97 Å². The Labute approximate surface area is 136 Å². The Balaban J connectivity index is 1.82. The lowest BCUT2D eigenvalue weighted by molar-refractivity contribution is 0.618. The first-order valence-electron chi connectivity index (χ1n) is 7.76. The van der Waals surface area contributed by atoms with E-state index in [0.29, 0.717) is 11.8 Å². The summed E-state index contributed by atoms with van der Waals surface area (Å²) < 4.78 is 12.0. The van der Waals surface area contributed by atoms with Crippen molar-refractivity contribution in [2.45, 2.75) is 0 Å². The van der Waals surface area contributed by atoms with Gasteiger partial charge < -0.3 is 8.83 Å². The number of hydrogen-bond acceptors (Lipinski definition) is 4. The fourth-order valence-corrected chi connectivity index (χ4v) is 3.24. The molecule has 0 N–H and O–H groups in total. The van der Waals surface area contributed by atoms with Crippen molar-refractivity contribution in [3.8, 4) is 34.0 Å². The Morgan fingerprint density at radius 3 is 1.62 bits per heavy atom. The average Bonchev–Trinajstić information content (AvgIpc) is 3.23. The Morgan fingerprint density at radius 2 is 1.08 bits per heavy atom. The van der Waals surface area contributed by atoms with Gasteiger partial charge in [-0.2, -0.15) is 0 Å². The third-order valence-electron chi connectivity index (χ3n) is 4.47. The maximum Gasteiger partial charge on any atom is 0.227 e. The van der Waals surface area contributed by atoms with Crippen molar-refractivity contribution in [1.82, 2.24) is 9.97 Å². The predicted octanol–water partition coefficient (Wildman–Crippen LogP) is 5.28. The maximum atomic E-state index is 5.99. The number of fused-ring (bicyclic) bond motifs is 9. The molecule has 4 heteroatoms. The van der Waals surface area contributed by atoms with Gasteiger partial charge in [-0.25, -0.2) is 9.97 Å². The molecule has 3 aromatic carbocycles. The van der Waals surface area contributed by atoms with Crippen molar-refractivity contribution in [2.75, 3.05) is 0 Å². The van der Waals surface area contributed by atoms with Gasteiger partial charge in [0.2, 0.25) is 11.8 Å². The van der Waals surface area contributed by atoms with Crippen LogP contribution in [0.15, 0.2) is 69.5 Å². The Hall–Kier alpha value is -3.40. The van der Waals surface area contributed by atoms with E-state index in [-0.39, 0.29) is 0 Å². The van der Waals surface area contributed by atoms with Gasteiger partial charge in [0.15, 0.2) is 11.2 Å². The minimum Gasteiger partial charge on any atom is -0.436 e. The lowest BCUT2D eigenvalue weighted by Crippen LogP contribution is -1.81. The van der Waals surface area contributed by atoms with Gasteiger partial charge in [0.05, 0.1) is 0 Å². The monoisotopic (exact) mass is 310 g/mol. The van der Waals surface area contributed by atoms with E-state index in [4.69, 9.17) is 8.83 Å². The molecule has 112 valence electrons. The van der Waals surface area contributed by atoms with Crippen molar-refractivity contribution >= 4 is 22.2 Å². The highest BCUT2D eigenvalue weighted by molar-refractivity contribution is 5.87. The zero-order chi connectivity index (χ0) is 15.7. The van der Waals surface area contributed by atoms with Crippen molar-refractivity contribution in [3.05, 3.63) is 60.7 Å². The quantitative estimate of drug-likeness (QED) is 0.383. The molecule has 0 atom stereocenters. The molecule has 1 aliphatic rings. The largest absolute Gasteiger partial charge is 0.436 e. The van der Waals surface area contributed by atoms with Gasteiger partial charge in [0.25, 0.3) is 0 Å². The second-order valence-electron chi connectivity index (χ2n) is 5.98. The summed E-state index contributed by atoms with van der Waals surface area (Å²) in [7, 11) is 0. The molecule has 0 fully saturated rings. The fourth-order valence-electron chi connectivity index (χ4n) is 3.24. The van der Waals surface area contributed by atoms with Crippen LogP contribution in [0.25, 0.3) is 56.2 Å². The molecule has 8 bridgehead atoms. The number of nitrogens with zero attached hydrogens (tertiary/aromatic N) is 2. The summed E-state index contributed by atoms with van der Waals surface area (Å²) >= 11 is 0. The third-order valence-corrected chi connectivity index (χ3v) is 4.47. The first kappa shape index (κ1) is 12.1. The SMILES string of the molecule is c1cc2cc(c1)-c1nc3ccc(cc3o1)-c1ccc3nc-2oc3c1. The van der Waals surface area contributed by atoms with E-state index in [2.05, 4.69) is 22.1 Å². The number of oxazole rings is 2. The lowest BCUT2D eigenvalue weighted by atomic mass is 10.1. The van der Waals surface area contributed by atoms with Crippen molar-refractivity contribution in [2.24, 2.45) is 0 Å². The summed E-state index contributed by atoms with van der Waals surface area (Å²) in [5, 5.41) is 0. The van der Waals surface area contributed by atoms with Crippen LogP contribution < -0.4 is 0 Å². The number of aromatic nitrogens is 2. The van der Waals surface area contributed by atoms with E-state index >= 15 is 0 Å². The highest BCUT2D eigenvalue weighted by Gasteiger charge is 2.15. The highest BCUT2D eigenvalue weighted by atomic mass is 16.4. The summed E-state index contributed by atoms with van der Waals surface area (Å²) in [5.41, 5.74) is 7.22. The van der Waals surface area contributed by atoms with Gasteiger partial charge in [-0.05, 0) is 53.6 Å². The van der Waals surface area contributed by atoms with Gasteiger partial charge >= 0.3 is 0 Å². The summed E-state index contributed by atoms with van der Waals surface area (Å²) in [4.78, 5) is 9.21. The summed E-state index contributed by atoms with van der Waals surface area (Å²) in [6, 6.07) is 20.0. The molecule has 0 amide bonds. The van der Waals surface area contributed by atoms with Crippen LogP contribution in [0.5, 0.6) is 0 Å². The van der Waals surface area contributed by atoms with E-state index in [1.54, 1.807) is 0 Å². The highest BCUT2D eigenvalue weighted by Crippen LogP contribution is 2.34. The minimum absolute atomic E-state index is 0.605. The summed E-state index contributed by atoms with van der Waals surface area (Å²) in [6.07, 6.45) is 0. The van der Waals surface area contributed by atoms with Crippen LogP contribution in [0, 0.1) is 0 Å². The molecule has 0 saturated heterocycles. The zero-order valence-electron chi connectivity index (χ0n) is 12.5. The first-order chi connectivity index (χ1) is 11.8. The van der Waals surface area contributed by atoms with Crippen LogP contribution in [0.2, 0.25) is 0 Å². The average molecular weight is 310 g/mol. The fraction of sp³-hybridized carbons (Fsp3) is 0. The van der Waals surface area contributed by atoms with Crippen LogP contribution in [0.1, 0.15) is 0 Å². The Kier molecular flexibility index (Phi) is 2.07. The molecule has 0 aliphatic carbocycles. The molecule has 0 saturated carbocycles. The predicted molar refractivity (Wildman–Crippen MR) is 91.4 cm³/mol. The molecule has 3 heterocycles. The molecule has 1 aliphatic heterocycles. The van der Waals surface area contributed by atoms with E-state index in [1.807, 2.05) is 48.5 Å². The van der Waals surface area contributed by atoms with Crippen LogP contribution >= 0.6 is 0 Å². The molecule has 6 rings (SSSR count). The lowest BCUT2D eigenvalue weighted by Gasteiger charge is -2.00. The minimum atomic E-state index is 0.605. The second kappa shape index (κ2) is 4.11. The third kappa shape index (κ3) is 1.57. The van der Waals surface area contributed by atoms with Gasteiger partial charge in [-0.3, -0.25) is 0 Å². The maximum absolute atomic E-state index is 5.99. The first-order valence-corrected chi connectivity index (χ1v) is 7.76. The topological polar surface area (TPSA) is 52.1 Å². The van der Waals surface area contributed by atoms with Crippen molar-refractivity contribution in [3.63, 3.8) is 0 Å². The van der Waals surface area contributed by atoms with Gasteiger partial charge in [0, 0.05) is 11.1 Å². The van der Waals surface area contributed by atoms with Gasteiger partial charge in [-0.1, -0.05) is 18.2 Å². The molecule has 0 radical (unpaired) electrons. The van der Waals surface area contributed by atoms with E-state index < -0.39 is 0 Å². The smallest absolute Gasteiger partial charge is 0.227 e. The molecule has 5 aromatic rings. The second-order valence-corrected chi connectivity index (χ2v) is 5.98. The molecule has 0 spiro atoms. The Bertz CT molecular complexity index is 1170. The number of hydrogen-bond donors (Lipinski definition) is 0. The molecule has 0 unspecified atom stereocenters. The normalized spacial score (nSPS) is 12.2. The molecular formula is C20H10N2O2. The van der Waals surface area contributed by atoms with E-state index in [9.17, 15) is 0 Å². The van der Waals surface area contributed by atoms with Crippen LogP contribution in [0.3, 0.4) is 0 Å². The standard InChI is InChI=1S/C20H10N2O2/c1-2-13-8-14(3-1)20-22-16-7-5-12(10-18(16)24-20)11-4-6-15-17(9-11)23-19(13)21-15/h1-10H. The van der Waals surface area contributed by atoms with Crippen molar-refractivity contribution < 1.29 is 8.83 Å². The van der Waals surface area contributed by atoms with Crippen molar-refractivity contribution in [1.29, 1.82) is 0 Å². The molecular weight excluding hydrogens is 300 g/mol. The van der Waals surface area contributed by atoms with E-state index in [1.165, 1.54) is 0 Å². The van der Waals surface area contributed by atoms with Gasteiger partial charge in [-0.15, -0.1) is 0 Å². The summed E-state index contributed by atoms with van der Waals surface area (Å²) in [6.45, 7) is 0. The Morgan fingerprint density at radius 1 is 0.542 bits per heavy atom. The van der Waals surface area contributed by atoms with Crippen LogP contribution in [-0.2, 0) is 0 Å². The van der Waals surface area contributed by atoms with E-state index in [0.717, 1.165) is 44.5 Å². The number of benzene rings is 3. The summed E-state index contributed by atoms with van der Waals surface area (Å²) in [5.74, 6) is 1.21. The molecule has 4 nitrogen and oxygen atoms in total. The van der Waals surface area contributed by atoms with Gasteiger partial charge in [0.1, 0.15) is 11.0 Å². The van der Waals surface area contributed by atoms with Crippen LogP contribution in [0.4, 0.5) is 0 Å². The molecule has 2 aromatic heterocycles.